The highest BCUT2D eigenvalue weighted by Gasteiger charge is 2.12. The molecule has 0 bridgehead atoms. The van der Waals surface area contributed by atoms with Crippen LogP contribution in [0.25, 0.3) is 0 Å². The van der Waals surface area contributed by atoms with Crippen LogP contribution < -0.4 is 10.6 Å². The maximum atomic E-state index is 11.2. The third kappa shape index (κ3) is 7.90. The summed E-state index contributed by atoms with van der Waals surface area (Å²) in [5, 5.41) is 14.2. The second kappa shape index (κ2) is 8.19. The summed E-state index contributed by atoms with van der Waals surface area (Å²) in [6, 6.07) is 0. The third-order valence-corrected chi connectivity index (χ3v) is 1.78. The van der Waals surface area contributed by atoms with Crippen LogP contribution in [0.5, 0.6) is 0 Å². The van der Waals surface area contributed by atoms with Crippen LogP contribution in [-0.4, -0.2) is 61.7 Å². The summed E-state index contributed by atoms with van der Waals surface area (Å²) in [5.41, 5.74) is 0. The first-order chi connectivity index (χ1) is 7.10. The lowest BCUT2D eigenvalue weighted by molar-refractivity contribution is -0.138. The molecule has 0 radical (unpaired) electrons. The Morgan fingerprint density at radius 2 is 2.00 bits per heavy atom. The molecule has 0 rings (SSSR count). The number of carbonyl (C=O) groups excluding carboxylic acids is 1. The lowest BCUT2D eigenvalue weighted by Crippen LogP contribution is -2.42. The molecular formula is C9H19N3O3. The van der Waals surface area contributed by atoms with E-state index in [1.165, 1.54) is 0 Å². The molecule has 0 aliphatic rings. The quantitative estimate of drug-likeness (QED) is 0.472. The molecule has 0 aliphatic carbocycles. The number of likely N-dealkylation sites (N-methyl/N-ethyl adjacent to an activating group) is 2. The summed E-state index contributed by atoms with van der Waals surface area (Å²) in [6.45, 7) is 3.60. The van der Waals surface area contributed by atoms with Gasteiger partial charge >= 0.3 is 5.97 Å². The number of carboxylic acid groups (broad SMARTS) is 1. The molecule has 0 unspecified atom stereocenters. The Bertz CT molecular complexity index is 209. The molecule has 0 saturated heterocycles. The lowest BCUT2D eigenvalue weighted by atomic mass is 10.4. The molecule has 0 heterocycles. The molecule has 3 N–H and O–H groups in total. The normalized spacial score (nSPS) is 10.3. The predicted octanol–water partition coefficient (Wildman–Crippen LogP) is -1.27. The molecule has 0 atom stereocenters. The van der Waals surface area contributed by atoms with Gasteiger partial charge in [0.1, 0.15) is 0 Å². The summed E-state index contributed by atoms with van der Waals surface area (Å²) >= 11 is 0. The molecule has 0 fully saturated rings. The molecule has 0 aromatic heterocycles. The topological polar surface area (TPSA) is 81.7 Å². The minimum atomic E-state index is -0.921. The van der Waals surface area contributed by atoms with Gasteiger partial charge in [-0.15, -0.1) is 0 Å². The Balaban J connectivity index is 3.98. The second-order valence-electron chi connectivity index (χ2n) is 3.16. The van der Waals surface area contributed by atoms with Crippen molar-refractivity contribution in [1.29, 1.82) is 0 Å². The summed E-state index contributed by atoms with van der Waals surface area (Å²) in [5.74, 6) is -1.06. The van der Waals surface area contributed by atoms with Crippen molar-refractivity contribution in [1.82, 2.24) is 15.5 Å². The molecular weight excluding hydrogens is 198 g/mol. The molecule has 15 heavy (non-hydrogen) atoms. The largest absolute Gasteiger partial charge is 0.480 e. The van der Waals surface area contributed by atoms with Crippen molar-refractivity contribution in [3.8, 4) is 0 Å². The highest BCUT2D eigenvalue weighted by atomic mass is 16.4. The zero-order chi connectivity index (χ0) is 11.7. The fraction of sp³-hybridized carbons (Fsp3) is 0.778. The minimum Gasteiger partial charge on any atom is -0.480 e. The van der Waals surface area contributed by atoms with E-state index in [0.29, 0.717) is 19.6 Å². The Hall–Kier alpha value is -1.14. The number of hydrogen-bond acceptors (Lipinski definition) is 4. The highest BCUT2D eigenvalue weighted by molar-refractivity contribution is 5.78. The van der Waals surface area contributed by atoms with E-state index in [4.69, 9.17) is 5.11 Å². The van der Waals surface area contributed by atoms with Crippen LogP contribution >= 0.6 is 0 Å². The van der Waals surface area contributed by atoms with Crippen LogP contribution in [0.1, 0.15) is 6.92 Å². The molecule has 6 nitrogen and oxygen atoms in total. The average molecular weight is 217 g/mol. The number of amides is 1. The summed E-state index contributed by atoms with van der Waals surface area (Å²) in [7, 11) is 1.78. The molecule has 0 spiro atoms. The molecule has 6 heteroatoms. The Labute approximate surface area is 89.6 Å². The molecule has 0 aliphatic heterocycles. The summed E-state index contributed by atoms with van der Waals surface area (Å²) in [6.07, 6.45) is 0. The van der Waals surface area contributed by atoms with E-state index in [1.807, 2.05) is 6.92 Å². The smallest absolute Gasteiger partial charge is 0.317 e. The number of nitrogens with one attached hydrogen (secondary N) is 2. The van der Waals surface area contributed by atoms with Gasteiger partial charge < -0.3 is 15.7 Å². The van der Waals surface area contributed by atoms with Crippen LogP contribution in [0.15, 0.2) is 0 Å². The Morgan fingerprint density at radius 3 is 2.47 bits per heavy atom. The maximum Gasteiger partial charge on any atom is 0.317 e. The van der Waals surface area contributed by atoms with Gasteiger partial charge in [0.2, 0.25) is 5.91 Å². The average Bonchev–Trinajstić information content (AvgIpc) is 2.13. The van der Waals surface area contributed by atoms with Crippen molar-refractivity contribution in [2.75, 3.05) is 39.8 Å². The van der Waals surface area contributed by atoms with Gasteiger partial charge in [-0.25, -0.2) is 0 Å². The van der Waals surface area contributed by atoms with Gasteiger partial charge in [-0.05, 0) is 14.0 Å². The van der Waals surface area contributed by atoms with Gasteiger partial charge in [0, 0.05) is 19.6 Å². The molecule has 0 saturated carbocycles. The van der Waals surface area contributed by atoms with Crippen molar-refractivity contribution in [2.24, 2.45) is 0 Å². The fourth-order valence-electron chi connectivity index (χ4n) is 1.13. The van der Waals surface area contributed by atoms with Crippen LogP contribution in [0.2, 0.25) is 0 Å². The zero-order valence-corrected chi connectivity index (χ0v) is 9.25. The Kier molecular flexibility index (Phi) is 7.57. The van der Waals surface area contributed by atoms with Gasteiger partial charge in [0.15, 0.2) is 0 Å². The summed E-state index contributed by atoms with van der Waals surface area (Å²) < 4.78 is 0. The van der Waals surface area contributed by atoms with E-state index in [1.54, 1.807) is 11.9 Å². The van der Waals surface area contributed by atoms with Crippen LogP contribution in [0.3, 0.4) is 0 Å². The number of carboxylic acids is 1. The van der Waals surface area contributed by atoms with Gasteiger partial charge in [0.25, 0.3) is 0 Å². The van der Waals surface area contributed by atoms with Crippen LogP contribution in [-0.2, 0) is 9.59 Å². The van der Waals surface area contributed by atoms with E-state index in [-0.39, 0.29) is 19.0 Å². The number of hydrogen-bond donors (Lipinski definition) is 3. The Morgan fingerprint density at radius 1 is 1.33 bits per heavy atom. The first-order valence-corrected chi connectivity index (χ1v) is 4.95. The minimum absolute atomic E-state index is 0.112. The van der Waals surface area contributed by atoms with E-state index in [0.717, 1.165) is 0 Å². The van der Waals surface area contributed by atoms with E-state index in [9.17, 15) is 9.59 Å². The molecule has 1 amide bonds. The van der Waals surface area contributed by atoms with Crippen molar-refractivity contribution in [3.05, 3.63) is 0 Å². The van der Waals surface area contributed by atoms with E-state index in [2.05, 4.69) is 10.6 Å². The molecule has 0 aromatic carbocycles. The summed E-state index contributed by atoms with van der Waals surface area (Å²) in [4.78, 5) is 23.3. The number of rotatable bonds is 8. The van der Waals surface area contributed by atoms with Crippen molar-refractivity contribution in [2.45, 2.75) is 6.92 Å². The van der Waals surface area contributed by atoms with Crippen molar-refractivity contribution in [3.63, 3.8) is 0 Å². The third-order valence-electron chi connectivity index (χ3n) is 1.78. The van der Waals surface area contributed by atoms with Gasteiger partial charge in [0.05, 0.1) is 13.1 Å². The first-order valence-electron chi connectivity index (χ1n) is 4.95. The monoisotopic (exact) mass is 217 g/mol. The number of carbonyl (C=O) groups is 2. The standard InChI is InChI=1S/C9H19N3O3/c1-3-11-8(13)6-12(5-4-10-2)7-9(14)15/h10H,3-7H2,1-2H3,(H,11,13)(H,14,15). The first kappa shape index (κ1) is 13.9. The molecule has 88 valence electrons. The number of aliphatic carboxylic acids is 1. The lowest BCUT2D eigenvalue weighted by Gasteiger charge is -2.19. The van der Waals surface area contributed by atoms with E-state index < -0.39 is 5.97 Å². The fourth-order valence-corrected chi connectivity index (χ4v) is 1.13. The van der Waals surface area contributed by atoms with E-state index >= 15 is 0 Å². The predicted molar refractivity (Wildman–Crippen MR) is 56.7 cm³/mol. The molecule has 0 aromatic rings. The zero-order valence-electron chi connectivity index (χ0n) is 9.25. The van der Waals surface area contributed by atoms with Gasteiger partial charge in [-0.1, -0.05) is 0 Å². The van der Waals surface area contributed by atoms with Gasteiger partial charge in [-0.3, -0.25) is 14.5 Å². The van der Waals surface area contributed by atoms with Crippen molar-refractivity contribution >= 4 is 11.9 Å². The maximum absolute atomic E-state index is 11.2. The van der Waals surface area contributed by atoms with Crippen LogP contribution in [0, 0.1) is 0 Å². The van der Waals surface area contributed by atoms with Crippen LogP contribution in [0.4, 0.5) is 0 Å². The highest BCUT2D eigenvalue weighted by Crippen LogP contribution is 1.87. The second-order valence-corrected chi connectivity index (χ2v) is 3.16. The number of nitrogens with zero attached hydrogens (tertiary/aromatic N) is 1. The SMILES string of the molecule is CCNC(=O)CN(CCNC)CC(=O)O. The van der Waals surface area contributed by atoms with Crippen molar-refractivity contribution < 1.29 is 14.7 Å². The van der Waals surface area contributed by atoms with Gasteiger partial charge in [-0.2, -0.15) is 0 Å².